The van der Waals surface area contributed by atoms with Crippen LogP contribution in [0.25, 0.3) is 5.65 Å². The number of thiophene rings is 1. The first-order chi connectivity index (χ1) is 12.6. The number of piperidine rings is 1. The summed E-state index contributed by atoms with van der Waals surface area (Å²) in [5, 5.41) is 14.4. The summed E-state index contributed by atoms with van der Waals surface area (Å²) in [5.74, 6) is 1.23. The summed E-state index contributed by atoms with van der Waals surface area (Å²) < 4.78 is 1.68. The highest BCUT2D eigenvalue weighted by Crippen LogP contribution is 2.28. The lowest BCUT2D eigenvalue weighted by molar-refractivity contribution is -0.136. The number of hydrogen-bond donors (Lipinski definition) is 0. The molecule has 1 atom stereocenters. The largest absolute Gasteiger partial charge is 0.355 e. The molecule has 3 aromatic rings. The van der Waals surface area contributed by atoms with Crippen LogP contribution in [0, 0.1) is 5.92 Å². The van der Waals surface area contributed by atoms with Crippen LogP contribution in [-0.4, -0.2) is 50.8 Å². The molecule has 0 spiro atoms. The van der Waals surface area contributed by atoms with Crippen molar-refractivity contribution in [2.24, 2.45) is 5.92 Å². The second-order valence-electron chi connectivity index (χ2n) is 6.73. The molecule has 0 radical (unpaired) electrons. The first kappa shape index (κ1) is 17.0. The van der Waals surface area contributed by atoms with Crippen molar-refractivity contribution in [1.82, 2.24) is 24.7 Å². The highest BCUT2D eigenvalue weighted by Gasteiger charge is 2.30. The Bertz CT molecular complexity index is 884. The number of hydrogen-bond acceptors (Lipinski definition) is 6. The summed E-state index contributed by atoms with van der Waals surface area (Å²) in [5.41, 5.74) is 0.739. The predicted molar refractivity (Wildman–Crippen MR) is 101 cm³/mol. The molecule has 3 aromatic heterocycles. The number of anilines is 1. The van der Waals surface area contributed by atoms with Gasteiger partial charge in [0.1, 0.15) is 12.1 Å². The Labute approximate surface area is 156 Å². The van der Waals surface area contributed by atoms with Gasteiger partial charge in [0.15, 0.2) is 5.65 Å². The summed E-state index contributed by atoms with van der Waals surface area (Å²) in [4.78, 5) is 18.2. The summed E-state index contributed by atoms with van der Waals surface area (Å²) in [6.07, 6.45) is 3.31. The fourth-order valence-electron chi connectivity index (χ4n) is 3.44. The van der Waals surface area contributed by atoms with Gasteiger partial charge < -0.3 is 9.80 Å². The maximum absolute atomic E-state index is 12.9. The van der Waals surface area contributed by atoms with Crippen molar-refractivity contribution in [3.05, 3.63) is 40.8 Å². The Hall–Kier alpha value is -2.48. The lowest BCUT2D eigenvalue weighted by Crippen LogP contribution is -2.42. The molecule has 4 heterocycles. The van der Waals surface area contributed by atoms with Gasteiger partial charge in [0.25, 0.3) is 0 Å². The SMILES string of the molecule is CC(c1cccs1)N(C)C(=O)C1CCN(c2ccc3nncn3n2)CC1. The maximum atomic E-state index is 12.9. The molecule has 8 heteroatoms. The minimum absolute atomic E-state index is 0.0808. The van der Waals surface area contributed by atoms with Gasteiger partial charge in [-0.3, -0.25) is 4.79 Å². The molecule has 1 unspecified atom stereocenters. The quantitative estimate of drug-likeness (QED) is 0.706. The van der Waals surface area contributed by atoms with Gasteiger partial charge in [0.2, 0.25) is 5.91 Å². The molecular formula is C18H22N6OS. The minimum atomic E-state index is 0.0808. The summed E-state index contributed by atoms with van der Waals surface area (Å²) in [6.45, 7) is 3.76. The van der Waals surface area contributed by atoms with E-state index in [-0.39, 0.29) is 17.9 Å². The monoisotopic (exact) mass is 370 g/mol. The number of carbonyl (C=O) groups is 1. The van der Waals surface area contributed by atoms with Gasteiger partial charge in [-0.2, -0.15) is 4.52 Å². The standard InChI is InChI=1S/C18H22N6OS/c1-13(15-4-3-11-26-15)22(2)18(25)14-7-9-23(10-8-14)17-6-5-16-20-19-12-24(16)21-17/h3-6,11-14H,7-10H2,1-2H3. The molecule has 1 saturated heterocycles. The van der Waals surface area contributed by atoms with E-state index >= 15 is 0 Å². The molecular weight excluding hydrogens is 348 g/mol. The Morgan fingerprint density at radius 3 is 2.85 bits per heavy atom. The minimum Gasteiger partial charge on any atom is -0.355 e. The highest BCUT2D eigenvalue weighted by molar-refractivity contribution is 7.10. The zero-order chi connectivity index (χ0) is 18.1. The zero-order valence-electron chi connectivity index (χ0n) is 14.9. The lowest BCUT2D eigenvalue weighted by atomic mass is 9.95. The maximum Gasteiger partial charge on any atom is 0.226 e. The van der Waals surface area contributed by atoms with E-state index in [9.17, 15) is 4.79 Å². The molecule has 1 fully saturated rings. The van der Waals surface area contributed by atoms with Gasteiger partial charge in [-0.25, -0.2) is 0 Å². The van der Waals surface area contributed by atoms with Gasteiger partial charge >= 0.3 is 0 Å². The highest BCUT2D eigenvalue weighted by atomic mass is 32.1. The van der Waals surface area contributed by atoms with Crippen LogP contribution >= 0.6 is 11.3 Å². The molecule has 1 amide bonds. The Morgan fingerprint density at radius 2 is 2.12 bits per heavy atom. The normalized spacial score (nSPS) is 16.8. The van der Waals surface area contributed by atoms with Crippen LogP contribution in [0.2, 0.25) is 0 Å². The third-order valence-corrected chi connectivity index (χ3v) is 6.24. The second kappa shape index (κ2) is 7.03. The molecule has 0 N–H and O–H groups in total. The van der Waals surface area contributed by atoms with Crippen molar-refractivity contribution in [3.8, 4) is 0 Å². The van der Waals surface area contributed by atoms with E-state index in [4.69, 9.17) is 0 Å². The fraction of sp³-hybridized carbons (Fsp3) is 0.444. The Morgan fingerprint density at radius 1 is 1.31 bits per heavy atom. The van der Waals surface area contributed by atoms with E-state index < -0.39 is 0 Å². The van der Waals surface area contributed by atoms with Crippen molar-refractivity contribution in [3.63, 3.8) is 0 Å². The summed E-state index contributed by atoms with van der Waals surface area (Å²) >= 11 is 1.70. The van der Waals surface area contributed by atoms with Crippen LogP contribution in [0.4, 0.5) is 5.82 Å². The number of aromatic nitrogens is 4. The van der Waals surface area contributed by atoms with Gasteiger partial charge in [0, 0.05) is 30.9 Å². The van der Waals surface area contributed by atoms with E-state index in [0.29, 0.717) is 0 Å². The number of rotatable bonds is 4. The van der Waals surface area contributed by atoms with Gasteiger partial charge in [-0.05, 0) is 43.3 Å². The first-order valence-electron chi connectivity index (χ1n) is 8.85. The third kappa shape index (κ3) is 3.16. The molecule has 0 saturated carbocycles. The molecule has 0 aliphatic carbocycles. The van der Waals surface area contributed by atoms with Crippen LogP contribution in [-0.2, 0) is 4.79 Å². The molecule has 0 bridgehead atoms. The Kier molecular flexibility index (Phi) is 4.58. The molecule has 136 valence electrons. The van der Waals surface area contributed by atoms with E-state index in [1.54, 1.807) is 22.2 Å². The van der Waals surface area contributed by atoms with Crippen molar-refractivity contribution >= 4 is 28.7 Å². The van der Waals surface area contributed by atoms with Crippen molar-refractivity contribution in [2.45, 2.75) is 25.8 Å². The first-order valence-corrected chi connectivity index (χ1v) is 9.73. The van der Waals surface area contributed by atoms with Crippen molar-refractivity contribution in [1.29, 1.82) is 0 Å². The van der Waals surface area contributed by atoms with Gasteiger partial charge in [-0.1, -0.05) is 6.07 Å². The lowest BCUT2D eigenvalue weighted by Gasteiger charge is -2.35. The third-order valence-electron chi connectivity index (χ3n) is 5.20. The molecule has 4 rings (SSSR count). The van der Waals surface area contributed by atoms with E-state index in [0.717, 1.165) is 37.4 Å². The smallest absolute Gasteiger partial charge is 0.226 e. The summed E-state index contributed by atoms with van der Waals surface area (Å²) in [7, 11) is 1.92. The number of fused-ring (bicyclic) bond motifs is 1. The average molecular weight is 370 g/mol. The van der Waals surface area contributed by atoms with Crippen LogP contribution in [0.15, 0.2) is 36.0 Å². The molecule has 26 heavy (non-hydrogen) atoms. The number of amides is 1. The zero-order valence-corrected chi connectivity index (χ0v) is 15.8. The average Bonchev–Trinajstić information content (AvgIpc) is 3.37. The predicted octanol–water partition coefficient (Wildman–Crippen LogP) is 2.62. The van der Waals surface area contributed by atoms with E-state index in [2.05, 4.69) is 38.6 Å². The van der Waals surface area contributed by atoms with E-state index in [1.165, 1.54) is 4.88 Å². The Balaban J connectivity index is 1.38. The molecule has 1 aliphatic rings. The number of carbonyl (C=O) groups excluding carboxylic acids is 1. The summed E-state index contributed by atoms with van der Waals surface area (Å²) in [6, 6.07) is 8.14. The second-order valence-corrected chi connectivity index (χ2v) is 7.71. The molecule has 7 nitrogen and oxygen atoms in total. The fourth-order valence-corrected chi connectivity index (χ4v) is 4.27. The van der Waals surface area contributed by atoms with Gasteiger partial charge in [-0.15, -0.1) is 26.6 Å². The topological polar surface area (TPSA) is 66.6 Å². The van der Waals surface area contributed by atoms with Crippen LogP contribution in [0.3, 0.4) is 0 Å². The molecule has 0 aromatic carbocycles. The van der Waals surface area contributed by atoms with Gasteiger partial charge in [0.05, 0.1) is 6.04 Å². The van der Waals surface area contributed by atoms with E-state index in [1.807, 2.05) is 30.1 Å². The van der Waals surface area contributed by atoms with Crippen LogP contribution in [0.1, 0.15) is 30.7 Å². The van der Waals surface area contributed by atoms with Crippen molar-refractivity contribution in [2.75, 3.05) is 25.0 Å². The van der Waals surface area contributed by atoms with Crippen LogP contribution in [0.5, 0.6) is 0 Å². The van der Waals surface area contributed by atoms with Crippen LogP contribution < -0.4 is 4.90 Å². The van der Waals surface area contributed by atoms with Crippen molar-refractivity contribution < 1.29 is 4.79 Å². The molecule has 1 aliphatic heterocycles. The number of nitrogens with zero attached hydrogens (tertiary/aromatic N) is 6.